The minimum Gasteiger partial charge on any atom is -0.374 e. The van der Waals surface area contributed by atoms with Crippen LogP contribution in [0.2, 0.25) is 0 Å². The molecule has 4 rings (SSSR count). The Labute approximate surface area is 219 Å². The number of nitrogens with one attached hydrogen (secondary N) is 1. The van der Waals surface area contributed by atoms with Crippen LogP contribution < -0.4 is 11.1 Å². The van der Waals surface area contributed by atoms with Crippen molar-refractivity contribution in [2.45, 2.75) is 50.8 Å². The van der Waals surface area contributed by atoms with E-state index in [1.165, 1.54) is 0 Å². The summed E-state index contributed by atoms with van der Waals surface area (Å²) in [6.45, 7) is 4.98. The number of carbonyl (C=O) groups is 3. The number of likely N-dealkylation sites (N-methyl/N-ethyl adjacent to an activating group) is 1. The van der Waals surface area contributed by atoms with Crippen molar-refractivity contribution in [3.05, 3.63) is 71.8 Å². The molecule has 0 aliphatic carbocycles. The molecule has 2 aliphatic rings. The van der Waals surface area contributed by atoms with E-state index in [4.69, 9.17) is 10.5 Å². The summed E-state index contributed by atoms with van der Waals surface area (Å²) in [5.41, 5.74) is 6.26. The maximum Gasteiger partial charge on any atom is 0.247 e. The number of carbonyl (C=O) groups excluding carboxylic acids is 3. The molecule has 37 heavy (non-hydrogen) atoms. The van der Waals surface area contributed by atoms with Crippen LogP contribution in [0.5, 0.6) is 0 Å². The average Bonchev–Trinajstić information content (AvgIpc) is 3.13. The van der Waals surface area contributed by atoms with Crippen LogP contribution in [0.25, 0.3) is 0 Å². The van der Waals surface area contributed by atoms with E-state index < -0.39 is 22.9 Å². The molecule has 2 heterocycles. The predicted octanol–water partition coefficient (Wildman–Crippen LogP) is 2.29. The molecule has 1 spiro atoms. The molecular weight excluding hydrogens is 468 g/mol. The molecule has 2 aromatic carbocycles. The van der Waals surface area contributed by atoms with Gasteiger partial charge in [-0.05, 0) is 37.8 Å². The zero-order valence-corrected chi connectivity index (χ0v) is 22.0. The van der Waals surface area contributed by atoms with E-state index in [2.05, 4.69) is 17.4 Å². The maximum absolute atomic E-state index is 13.8. The molecule has 0 saturated carbocycles. The van der Waals surface area contributed by atoms with Crippen molar-refractivity contribution >= 4 is 17.7 Å². The number of hydrogen-bond donors (Lipinski definition) is 2. The number of nitrogens with zero attached hydrogens (tertiary/aromatic N) is 2. The van der Waals surface area contributed by atoms with Crippen molar-refractivity contribution < 1.29 is 19.1 Å². The summed E-state index contributed by atoms with van der Waals surface area (Å²) in [7, 11) is 1.83. The van der Waals surface area contributed by atoms with E-state index in [1.54, 1.807) is 23.6 Å². The third kappa shape index (κ3) is 5.86. The molecule has 0 aromatic heterocycles. The third-order valence-electron chi connectivity index (χ3n) is 7.52. The quantitative estimate of drug-likeness (QED) is 0.572. The van der Waals surface area contributed by atoms with Crippen molar-refractivity contribution in [1.29, 1.82) is 0 Å². The first-order valence-corrected chi connectivity index (χ1v) is 12.9. The Morgan fingerprint density at radius 1 is 1.14 bits per heavy atom. The zero-order chi connectivity index (χ0) is 26.6. The van der Waals surface area contributed by atoms with Gasteiger partial charge in [0.05, 0.1) is 24.2 Å². The molecule has 8 nitrogen and oxygen atoms in total. The van der Waals surface area contributed by atoms with E-state index in [1.807, 2.05) is 55.6 Å². The Morgan fingerprint density at radius 3 is 2.43 bits per heavy atom. The van der Waals surface area contributed by atoms with Gasteiger partial charge in [-0.2, -0.15) is 0 Å². The highest BCUT2D eigenvalue weighted by Crippen LogP contribution is 2.49. The van der Waals surface area contributed by atoms with Crippen molar-refractivity contribution in [3.8, 4) is 0 Å². The summed E-state index contributed by atoms with van der Waals surface area (Å²) in [5, 5.41) is 2.81. The number of piperidine rings is 1. The van der Waals surface area contributed by atoms with Gasteiger partial charge in [0.2, 0.25) is 17.7 Å². The molecule has 8 heteroatoms. The van der Waals surface area contributed by atoms with Gasteiger partial charge in [-0.1, -0.05) is 60.7 Å². The van der Waals surface area contributed by atoms with E-state index in [0.29, 0.717) is 32.7 Å². The number of rotatable bonds is 8. The minimum absolute atomic E-state index is 0.00727. The van der Waals surface area contributed by atoms with Gasteiger partial charge in [0.1, 0.15) is 6.04 Å². The number of nitrogens with two attached hydrogens (primary N) is 1. The van der Waals surface area contributed by atoms with Crippen LogP contribution in [0.4, 0.5) is 0 Å². The van der Waals surface area contributed by atoms with Gasteiger partial charge < -0.3 is 25.6 Å². The van der Waals surface area contributed by atoms with Crippen LogP contribution in [-0.4, -0.2) is 72.4 Å². The molecule has 2 saturated heterocycles. The Bertz CT molecular complexity index is 1100. The van der Waals surface area contributed by atoms with Gasteiger partial charge in [-0.3, -0.25) is 14.4 Å². The first-order chi connectivity index (χ1) is 17.6. The standard InChI is InChI=1S/C29H38N4O4/c1-28(2,30)26(35)31-24(19-37-18-21-11-6-4-7-12-21)25(34)33-16-10-15-29(20-33)23(17-32(3)27(29)36)22-13-8-5-9-14-22/h4-9,11-14,23-24H,10,15-20,30H2,1-3H3,(H,31,35)/t23-,24-,29-/m1/s1. The smallest absolute Gasteiger partial charge is 0.247 e. The molecule has 3 amide bonds. The summed E-state index contributed by atoms with van der Waals surface area (Å²) in [6, 6.07) is 18.8. The molecule has 2 aromatic rings. The lowest BCUT2D eigenvalue weighted by atomic mass is 9.69. The normalized spacial score (nSPS) is 22.8. The highest BCUT2D eigenvalue weighted by atomic mass is 16.5. The molecule has 3 atom stereocenters. The van der Waals surface area contributed by atoms with E-state index >= 15 is 0 Å². The number of ether oxygens (including phenoxy) is 1. The lowest BCUT2D eigenvalue weighted by Gasteiger charge is -2.43. The lowest BCUT2D eigenvalue weighted by Crippen LogP contribution is -2.60. The van der Waals surface area contributed by atoms with Gasteiger partial charge >= 0.3 is 0 Å². The highest BCUT2D eigenvalue weighted by molar-refractivity contribution is 5.92. The second-order valence-electron chi connectivity index (χ2n) is 10.9. The van der Waals surface area contributed by atoms with Gasteiger partial charge in [0.25, 0.3) is 0 Å². The van der Waals surface area contributed by atoms with Crippen molar-refractivity contribution in [2.75, 3.05) is 33.3 Å². The molecule has 0 radical (unpaired) electrons. The minimum atomic E-state index is -1.15. The summed E-state index contributed by atoms with van der Waals surface area (Å²) in [6.07, 6.45) is 1.43. The van der Waals surface area contributed by atoms with Crippen LogP contribution in [0.15, 0.2) is 60.7 Å². The third-order valence-corrected chi connectivity index (χ3v) is 7.52. The highest BCUT2D eigenvalue weighted by Gasteiger charge is 2.55. The molecule has 0 unspecified atom stereocenters. The maximum atomic E-state index is 13.8. The SMILES string of the molecule is CN1C[C@H](c2ccccc2)[C@]2(CCCN(C(=O)[C@@H](COCc3ccccc3)NC(=O)C(C)(C)N)C2)C1=O. The summed E-state index contributed by atoms with van der Waals surface area (Å²) < 4.78 is 5.87. The van der Waals surface area contributed by atoms with E-state index in [0.717, 1.165) is 17.5 Å². The lowest BCUT2D eigenvalue weighted by molar-refractivity contribution is -0.147. The van der Waals surface area contributed by atoms with Crippen LogP contribution in [0, 0.1) is 5.41 Å². The van der Waals surface area contributed by atoms with E-state index in [-0.39, 0.29) is 24.3 Å². The predicted molar refractivity (Wildman–Crippen MR) is 141 cm³/mol. The Balaban J connectivity index is 1.54. The van der Waals surface area contributed by atoms with Crippen molar-refractivity contribution in [2.24, 2.45) is 11.1 Å². The zero-order valence-electron chi connectivity index (χ0n) is 22.0. The number of benzene rings is 2. The Kier molecular flexibility index (Phi) is 7.99. The molecular formula is C29H38N4O4. The average molecular weight is 507 g/mol. The second-order valence-corrected chi connectivity index (χ2v) is 10.9. The fraction of sp³-hybridized carbons (Fsp3) is 0.483. The van der Waals surface area contributed by atoms with Crippen molar-refractivity contribution in [3.63, 3.8) is 0 Å². The Morgan fingerprint density at radius 2 is 1.78 bits per heavy atom. The number of hydrogen-bond acceptors (Lipinski definition) is 5. The van der Waals surface area contributed by atoms with Gasteiger partial charge in [0.15, 0.2) is 0 Å². The fourth-order valence-corrected chi connectivity index (χ4v) is 5.51. The summed E-state index contributed by atoms with van der Waals surface area (Å²) in [5.74, 6) is -0.617. The molecule has 2 aliphatic heterocycles. The largest absolute Gasteiger partial charge is 0.374 e. The molecule has 0 bridgehead atoms. The van der Waals surface area contributed by atoms with Crippen LogP contribution in [-0.2, 0) is 25.7 Å². The van der Waals surface area contributed by atoms with Gasteiger partial charge in [-0.25, -0.2) is 0 Å². The first kappa shape index (κ1) is 26.8. The number of likely N-dealkylation sites (tertiary alicyclic amines) is 2. The van der Waals surface area contributed by atoms with Crippen LogP contribution in [0.1, 0.15) is 43.7 Å². The summed E-state index contributed by atoms with van der Waals surface area (Å²) >= 11 is 0. The summed E-state index contributed by atoms with van der Waals surface area (Å²) in [4.78, 5) is 43.6. The van der Waals surface area contributed by atoms with Crippen molar-refractivity contribution in [1.82, 2.24) is 15.1 Å². The van der Waals surface area contributed by atoms with Crippen LogP contribution >= 0.6 is 0 Å². The molecule has 2 fully saturated rings. The van der Waals surface area contributed by atoms with Gasteiger partial charge in [0, 0.05) is 32.6 Å². The number of amides is 3. The molecule has 3 N–H and O–H groups in total. The second kappa shape index (κ2) is 11.0. The Hall–Kier alpha value is -3.23. The van der Waals surface area contributed by atoms with Gasteiger partial charge in [-0.15, -0.1) is 0 Å². The van der Waals surface area contributed by atoms with E-state index in [9.17, 15) is 14.4 Å². The topological polar surface area (TPSA) is 105 Å². The fourth-order valence-electron chi connectivity index (χ4n) is 5.51. The molecule has 198 valence electrons. The van der Waals surface area contributed by atoms with Crippen LogP contribution in [0.3, 0.4) is 0 Å². The first-order valence-electron chi connectivity index (χ1n) is 12.9. The monoisotopic (exact) mass is 506 g/mol.